The SMILES string of the molecule is N#Cc1ccc(CCNCC(C(=O)Nc2ccc(OC3COC3)cn2)c2ccccc2)cc1. The minimum atomic E-state index is -0.364. The number of benzene rings is 2. The molecular formula is C26H26N4O3. The van der Waals surface area contributed by atoms with Crippen LogP contribution < -0.4 is 15.4 Å². The van der Waals surface area contributed by atoms with Gasteiger partial charge in [0.25, 0.3) is 0 Å². The lowest BCUT2D eigenvalue weighted by molar-refractivity contribution is -0.117. The molecule has 7 nitrogen and oxygen atoms in total. The molecule has 7 heteroatoms. The molecule has 1 unspecified atom stereocenters. The van der Waals surface area contributed by atoms with E-state index < -0.39 is 0 Å². The summed E-state index contributed by atoms with van der Waals surface area (Å²) in [6.45, 7) is 2.40. The predicted octanol–water partition coefficient (Wildman–Crippen LogP) is 3.29. The van der Waals surface area contributed by atoms with E-state index in [4.69, 9.17) is 14.7 Å². The summed E-state index contributed by atoms with van der Waals surface area (Å²) in [6.07, 6.45) is 2.50. The first-order valence-corrected chi connectivity index (χ1v) is 11.0. The van der Waals surface area contributed by atoms with Crippen molar-refractivity contribution in [2.75, 3.05) is 31.6 Å². The molecule has 0 bridgehead atoms. The Kier molecular flexibility index (Phi) is 7.64. The van der Waals surface area contributed by atoms with Crippen molar-refractivity contribution < 1.29 is 14.3 Å². The van der Waals surface area contributed by atoms with E-state index in [0.717, 1.165) is 24.1 Å². The summed E-state index contributed by atoms with van der Waals surface area (Å²) in [5, 5.41) is 15.2. The number of nitriles is 1. The van der Waals surface area contributed by atoms with Gasteiger partial charge >= 0.3 is 0 Å². The molecule has 1 atom stereocenters. The molecule has 1 aliphatic heterocycles. The number of rotatable bonds is 10. The van der Waals surface area contributed by atoms with Gasteiger partial charge in [-0.05, 0) is 48.4 Å². The normalized spacial score (nSPS) is 14.0. The van der Waals surface area contributed by atoms with Crippen LogP contribution in [0, 0.1) is 11.3 Å². The highest BCUT2D eigenvalue weighted by molar-refractivity contribution is 5.95. The lowest BCUT2D eigenvalue weighted by atomic mass is 9.98. The number of carbonyl (C=O) groups excluding carboxylic acids is 1. The molecule has 33 heavy (non-hydrogen) atoms. The Labute approximate surface area is 193 Å². The van der Waals surface area contributed by atoms with Crippen LogP contribution >= 0.6 is 0 Å². The molecule has 2 heterocycles. The van der Waals surface area contributed by atoms with Crippen molar-refractivity contribution in [1.29, 1.82) is 5.26 Å². The number of nitrogens with one attached hydrogen (secondary N) is 2. The molecule has 0 aliphatic carbocycles. The number of hydrogen-bond acceptors (Lipinski definition) is 6. The fourth-order valence-corrected chi connectivity index (χ4v) is 3.48. The second-order valence-corrected chi connectivity index (χ2v) is 7.87. The first-order valence-electron chi connectivity index (χ1n) is 11.0. The number of amides is 1. The molecule has 3 aromatic rings. The van der Waals surface area contributed by atoms with E-state index in [1.165, 1.54) is 0 Å². The number of pyridine rings is 1. The van der Waals surface area contributed by atoms with Crippen molar-refractivity contribution in [3.05, 3.63) is 89.6 Å². The van der Waals surface area contributed by atoms with Crippen LogP contribution in [0.2, 0.25) is 0 Å². The number of carbonyl (C=O) groups is 1. The van der Waals surface area contributed by atoms with Gasteiger partial charge in [0.05, 0.1) is 37.0 Å². The average molecular weight is 443 g/mol. The van der Waals surface area contributed by atoms with Crippen LogP contribution in [0.1, 0.15) is 22.6 Å². The molecule has 1 aromatic heterocycles. The van der Waals surface area contributed by atoms with Crippen LogP contribution in [0.15, 0.2) is 72.9 Å². The molecule has 168 valence electrons. The first-order chi connectivity index (χ1) is 16.2. The zero-order chi connectivity index (χ0) is 22.9. The van der Waals surface area contributed by atoms with Crippen LogP contribution in [0.25, 0.3) is 0 Å². The number of hydrogen-bond donors (Lipinski definition) is 2. The summed E-state index contributed by atoms with van der Waals surface area (Å²) in [5.41, 5.74) is 2.73. The molecular weight excluding hydrogens is 416 g/mol. The zero-order valence-corrected chi connectivity index (χ0v) is 18.2. The summed E-state index contributed by atoms with van der Waals surface area (Å²) in [4.78, 5) is 17.4. The highest BCUT2D eigenvalue weighted by atomic mass is 16.6. The molecule has 1 aliphatic rings. The molecule has 0 saturated carbocycles. The quantitative estimate of drug-likeness (QED) is 0.468. The lowest BCUT2D eigenvalue weighted by Gasteiger charge is -2.26. The number of nitrogens with zero attached hydrogens (tertiary/aromatic N) is 2. The second-order valence-electron chi connectivity index (χ2n) is 7.87. The third-order valence-electron chi connectivity index (χ3n) is 5.44. The topological polar surface area (TPSA) is 96.3 Å². The first kappa shape index (κ1) is 22.5. The maximum atomic E-state index is 13.1. The van der Waals surface area contributed by atoms with Crippen molar-refractivity contribution in [3.63, 3.8) is 0 Å². The Morgan fingerprint density at radius 2 is 1.91 bits per heavy atom. The molecule has 0 radical (unpaired) electrons. The van der Waals surface area contributed by atoms with Crippen molar-refractivity contribution in [2.45, 2.75) is 18.4 Å². The van der Waals surface area contributed by atoms with E-state index in [1.54, 1.807) is 18.3 Å². The molecule has 2 aromatic carbocycles. The average Bonchev–Trinajstić information content (AvgIpc) is 2.83. The smallest absolute Gasteiger partial charge is 0.234 e. The van der Waals surface area contributed by atoms with Crippen molar-refractivity contribution in [3.8, 4) is 11.8 Å². The van der Waals surface area contributed by atoms with Gasteiger partial charge in [0.2, 0.25) is 5.91 Å². The summed E-state index contributed by atoms with van der Waals surface area (Å²) >= 11 is 0. The van der Waals surface area contributed by atoms with Gasteiger partial charge in [-0.25, -0.2) is 4.98 Å². The highest BCUT2D eigenvalue weighted by Gasteiger charge is 2.22. The summed E-state index contributed by atoms with van der Waals surface area (Å²) in [5.74, 6) is 0.652. The van der Waals surface area contributed by atoms with Gasteiger partial charge in [-0.3, -0.25) is 4.79 Å². The Bertz CT molecular complexity index is 1080. The van der Waals surface area contributed by atoms with Gasteiger partial charge in [0, 0.05) is 6.54 Å². The Morgan fingerprint density at radius 1 is 1.12 bits per heavy atom. The maximum absolute atomic E-state index is 13.1. The zero-order valence-electron chi connectivity index (χ0n) is 18.2. The van der Waals surface area contributed by atoms with Gasteiger partial charge in [0.1, 0.15) is 17.7 Å². The predicted molar refractivity (Wildman–Crippen MR) is 125 cm³/mol. The molecule has 1 fully saturated rings. The van der Waals surface area contributed by atoms with Gasteiger partial charge in [-0.15, -0.1) is 0 Å². The van der Waals surface area contributed by atoms with Gasteiger partial charge in [-0.1, -0.05) is 42.5 Å². The monoisotopic (exact) mass is 442 g/mol. The van der Waals surface area contributed by atoms with E-state index in [9.17, 15) is 4.79 Å². The van der Waals surface area contributed by atoms with Crippen molar-refractivity contribution >= 4 is 11.7 Å². The molecule has 1 saturated heterocycles. The van der Waals surface area contributed by atoms with Crippen LogP contribution in [0.3, 0.4) is 0 Å². The van der Waals surface area contributed by atoms with E-state index in [0.29, 0.717) is 36.9 Å². The van der Waals surface area contributed by atoms with E-state index in [1.807, 2.05) is 54.6 Å². The van der Waals surface area contributed by atoms with Crippen LogP contribution in [-0.2, 0) is 16.0 Å². The Balaban J connectivity index is 1.33. The number of ether oxygens (including phenoxy) is 2. The van der Waals surface area contributed by atoms with E-state index >= 15 is 0 Å². The van der Waals surface area contributed by atoms with Gasteiger partial charge in [0.15, 0.2) is 0 Å². The van der Waals surface area contributed by atoms with Gasteiger partial charge in [-0.2, -0.15) is 5.26 Å². The standard InChI is InChI=1S/C26H26N4O3/c27-14-20-8-6-19(7-9-20)12-13-28-16-24(21-4-2-1-3-5-21)26(31)30-25-11-10-22(15-29-25)33-23-17-32-18-23/h1-11,15,23-24,28H,12-13,16-18H2,(H,29,30,31). The van der Waals surface area contributed by atoms with Crippen molar-refractivity contribution in [1.82, 2.24) is 10.3 Å². The van der Waals surface area contributed by atoms with Crippen molar-refractivity contribution in [2.24, 2.45) is 0 Å². The third kappa shape index (κ3) is 6.39. The Hall–Kier alpha value is -3.73. The number of aromatic nitrogens is 1. The van der Waals surface area contributed by atoms with Crippen LogP contribution in [-0.4, -0.2) is 43.3 Å². The van der Waals surface area contributed by atoms with Crippen LogP contribution in [0.4, 0.5) is 5.82 Å². The molecule has 1 amide bonds. The lowest BCUT2D eigenvalue weighted by Crippen LogP contribution is -2.38. The minimum absolute atomic E-state index is 0.0741. The molecule has 0 spiro atoms. The molecule has 2 N–H and O–H groups in total. The largest absolute Gasteiger partial charge is 0.484 e. The molecule has 4 rings (SSSR count). The fraction of sp³-hybridized carbons (Fsp3) is 0.269. The fourth-order valence-electron chi connectivity index (χ4n) is 3.48. The second kappa shape index (κ2) is 11.2. The summed E-state index contributed by atoms with van der Waals surface area (Å²) in [6, 6.07) is 22.9. The van der Waals surface area contributed by atoms with E-state index in [2.05, 4.69) is 21.7 Å². The number of anilines is 1. The maximum Gasteiger partial charge on any atom is 0.234 e. The Morgan fingerprint density at radius 3 is 2.55 bits per heavy atom. The summed E-state index contributed by atoms with van der Waals surface area (Å²) < 4.78 is 10.8. The van der Waals surface area contributed by atoms with Gasteiger partial charge < -0.3 is 20.1 Å². The minimum Gasteiger partial charge on any atom is -0.484 e. The van der Waals surface area contributed by atoms with Crippen LogP contribution in [0.5, 0.6) is 5.75 Å². The third-order valence-corrected chi connectivity index (χ3v) is 5.44. The highest BCUT2D eigenvalue weighted by Crippen LogP contribution is 2.20. The van der Waals surface area contributed by atoms with E-state index in [-0.39, 0.29) is 17.9 Å². The summed E-state index contributed by atoms with van der Waals surface area (Å²) in [7, 11) is 0.